The van der Waals surface area contributed by atoms with Gasteiger partial charge in [0.2, 0.25) is 0 Å². The zero-order valence-corrected chi connectivity index (χ0v) is 12.5. The highest BCUT2D eigenvalue weighted by molar-refractivity contribution is 5.85. The highest BCUT2D eigenvalue weighted by atomic mass is 35.5. The minimum Gasteiger partial charge on any atom is -0.328 e. The van der Waals surface area contributed by atoms with Crippen LogP contribution in [0.5, 0.6) is 0 Å². The molecule has 1 fully saturated rings. The number of hydrogen-bond acceptors (Lipinski definition) is 2. The molecule has 0 aromatic heterocycles. The van der Waals surface area contributed by atoms with E-state index in [4.69, 9.17) is 5.73 Å². The van der Waals surface area contributed by atoms with E-state index >= 15 is 0 Å². The summed E-state index contributed by atoms with van der Waals surface area (Å²) in [5.74, 6) is 0.434. The number of likely N-dealkylation sites (tertiary alicyclic amines) is 1. The molecule has 0 aliphatic carbocycles. The first-order chi connectivity index (χ1) is 8.56. The average molecular weight is 287 g/mol. The molecule has 2 N–H and O–H groups in total. The van der Waals surface area contributed by atoms with Crippen molar-refractivity contribution in [3.63, 3.8) is 0 Å². The quantitative estimate of drug-likeness (QED) is 0.925. The summed E-state index contributed by atoms with van der Waals surface area (Å²) in [6.07, 6.45) is 2.41. The van der Waals surface area contributed by atoms with Crippen LogP contribution in [0, 0.1) is 18.7 Å². The van der Waals surface area contributed by atoms with E-state index in [-0.39, 0.29) is 24.3 Å². The third kappa shape index (κ3) is 4.44. The normalized spacial score (nSPS) is 21.8. The lowest BCUT2D eigenvalue weighted by molar-refractivity contribution is 0.154. The van der Waals surface area contributed by atoms with Crippen LogP contribution in [-0.4, -0.2) is 24.0 Å². The molecule has 1 aliphatic heterocycles. The standard InChI is InChI=1S/C15H23FN2.ClH/c1-11-5-6-15(16)8-14(11)10-18-7-3-4-13(9-18)12(2)17;/h5-6,8,12-13H,3-4,7,9-10,17H2,1-2H3;1H. The van der Waals surface area contributed by atoms with Crippen molar-refractivity contribution in [3.8, 4) is 0 Å². The summed E-state index contributed by atoms with van der Waals surface area (Å²) in [7, 11) is 0. The van der Waals surface area contributed by atoms with Gasteiger partial charge >= 0.3 is 0 Å². The highest BCUT2D eigenvalue weighted by Gasteiger charge is 2.22. The summed E-state index contributed by atoms with van der Waals surface area (Å²) in [6, 6.07) is 5.30. The molecule has 0 radical (unpaired) electrons. The van der Waals surface area contributed by atoms with Gasteiger partial charge < -0.3 is 5.73 Å². The number of rotatable bonds is 3. The SMILES string of the molecule is Cc1ccc(F)cc1CN1CCCC(C(C)N)C1.Cl. The number of nitrogens with zero attached hydrogens (tertiary/aromatic N) is 1. The van der Waals surface area contributed by atoms with E-state index in [1.54, 1.807) is 6.07 Å². The molecule has 4 heteroatoms. The second-order valence-electron chi connectivity index (χ2n) is 5.57. The molecule has 0 spiro atoms. The Morgan fingerprint density at radius 3 is 2.89 bits per heavy atom. The number of hydrogen-bond donors (Lipinski definition) is 1. The summed E-state index contributed by atoms with van der Waals surface area (Å²) in [5.41, 5.74) is 8.25. The van der Waals surface area contributed by atoms with E-state index < -0.39 is 0 Å². The Kier molecular flexibility index (Phi) is 6.24. The van der Waals surface area contributed by atoms with E-state index in [1.807, 2.05) is 13.0 Å². The molecule has 2 unspecified atom stereocenters. The molecule has 1 aromatic carbocycles. The number of nitrogens with two attached hydrogens (primary N) is 1. The maximum absolute atomic E-state index is 13.3. The van der Waals surface area contributed by atoms with E-state index in [9.17, 15) is 4.39 Å². The zero-order chi connectivity index (χ0) is 13.1. The summed E-state index contributed by atoms with van der Waals surface area (Å²) >= 11 is 0. The summed E-state index contributed by atoms with van der Waals surface area (Å²) in [6.45, 7) is 7.10. The highest BCUT2D eigenvalue weighted by Crippen LogP contribution is 2.21. The first-order valence-corrected chi connectivity index (χ1v) is 6.79. The Labute approximate surface area is 121 Å². The Hall–Kier alpha value is -0.640. The molecule has 1 heterocycles. The van der Waals surface area contributed by atoms with Gasteiger partial charge in [-0.15, -0.1) is 12.4 Å². The maximum Gasteiger partial charge on any atom is 0.123 e. The van der Waals surface area contributed by atoms with Crippen LogP contribution in [0.15, 0.2) is 18.2 Å². The molecule has 1 saturated heterocycles. The lowest BCUT2D eigenvalue weighted by Gasteiger charge is -2.34. The van der Waals surface area contributed by atoms with Crippen LogP contribution in [0.4, 0.5) is 4.39 Å². The van der Waals surface area contributed by atoms with Gasteiger partial charge in [-0.2, -0.15) is 0 Å². The van der Waals surface area contributed by atoms with Crippen LogP contribution < -0.4 is 5.73 Å². The van der Waals surface area contributed by atoms with Gasteiger partial charge in [0, 0.05) is 19.1 Å². The molecule has 1 aromatic rings. The molecule has 1 aliphatic rings. The van der Waals surface area contributed by atoms with E-state index in [2.05, 4.69) is 11.8 Å². The summed E-state index contributed by atoms with van der Waals surface area (Å²) < 4.78 is 13.3. The van der Waals surface area contributed by atoms with Crippen molar-refractivity contribution >= 4 is 12.4 Å². The lowest BCUT2D eigenvalue weighted by atomic mass is 9.92. The van der Waals surface area contributed by atoms with Crippen LogP contribution >= 0.6 is 12.4 Å². The number of halogens is 2. The largest absolute Gasteiger partial charge is 0.328 e. The molecule has 0 bridgehead atoms. The molecule has 2 nitrogen and oxygen atoms in total. The Morgan fingerprint density at radius 2 is 2.21 bits per heavy atom. The topological polar surface area (TPSA) is 29.3 Å². The van der Waals surface area contributed by atoms with Gasteiger partial charge in [0.05, 0.1) is 0 Å². The molecule has 0 amide bonds. The Morgan fingerprint density at radius 1 is 1.47 bits per heavy atom. The minimum atomic E-state index is -0.142. The zero-order valence-electron chi connectivity index (χ0n) is 11.7. The van der Waals surface area contributed by atoms with Crippen LogP contribution in [0.1, 0.15) is 30.9 Å². The predicted molar refractivity (Wildman–Crippen MR) is 80.0 cm³/mol. The van der Waals surface area contributed by atoms with Crippen molar-refractivity contribution in [2.75, 3.05) is 13.1 Å². The molecule has 0 saturated carbocycles. The van der Waals surface area contributed by atoms with Gasteiger partial charge in [0.25, 0.3) is 0 Å². The molecule has 108 valence electrons. The fraction of sp³-hybridized carbons (Fsp3) is 0.600. The smallest absolute Gasteiger partial charge is 0.123 e. The minimum absolute atomic E-state index is 0. The van der Waals surface area contributed by atoms with Gasteiger partial charge in [-0.25, -0.2) is 4.39 Å². The number of benzene rings is 1. The van der Waals surface area contributed by atoms with Crippen LogP contribution in [0.3, 0.4) is 0 Å². The van der Waals surface area contributed by atoms with Gasteiger partial charge in [0.15, 0.2) is 0 Å². The Bertz CT molecular complexity index is 409. The fourth-order valence-corrected chi connectivity index (χ4v) is 2.72. The first-order valence-electron chi connectivity index (χ1n) is 6.79. The second kappa shape index (κ2) is 7.22. The Balaban J connectivity index is 0.00000180. The van der Waals surface area contributed by atoms with Crippen molar-refractivity contribution in [2.45, 2.75) is 39.3 Å². The summed E-state index contributed by atoms with van der Waals surface area (Å²) in [5, 5.41) is 0. The van der Waals surface area contributed by atoms with Crippen molar-refractivity contribution < 1.29 is 4.39 Å². The van der Waals surface area contributed by atoms with E-state index in [1.165, 1.54) is 24.5 Å². The van der Waals surface area contributed by atoms with Gasteiger partial charge in [-0.3, -0.25) is 4.90 Å². The molecule has 19 heavy (non-hydrogen) atoms. The van der Waals surface area contributed by atoms with Crippen LogP contribution in [0.2, 0.25) is 0 Å². The first kappa shape index (κ1) is 16.4. The number of aryl methyl sites for hydroxylation is 1. The van der Waals surface area contributed by atoms with Crippen molar-refractivity contribution in [3.05, 3.63) is 35.1 Å². The third-order valence-corrected chi connectivity index (χ3v) is 3.99. The van der Waals surface area contributed by atoms with Crippen LogP contribution in [0.25, 0.3) is 0 Å². The number of piperidine rings is 1. The monoisotopic (exact) mass is 286 g/mol. The third-order valence-electron chi connectivity index (χ3n) is 3.99. The lowest BCUT2D eigenvalue weighted by Crippen LogP contribution is -2.42. The molecule has 2 rings (SSSR count). The second-order valence-corrected chi connectivity index (χ2v) is 5.57. The van der Waals surface area contributed by atoms with Gasteiger partial charge in [-0.1, -0.05) is 6.07 Å². The molecular formula is C15H24ClFN2. The predicted octanol–water partition coefficient (Wildman–Crippen LogP) is 3.12. The molecule has 2 atom stereocenters. The maximum atomic E-state index is 13.3. The van der Waals surface area contributed by atoms with Crippen molar-refractivity contribution in [1.29, 1.82) is 0 Å². The fourth-order valence-electron chi connectivity index (χ4n) is 2.72. The van der Waals surface area contributed by atoms with Gasteiger partial charge in [0.1, 0.15) is 5.82 Å². The van der Waals surface area contributed by atoms with E-state index in [0.717, 1.165) is 25.2 Å². The van der Waals surface area contributed by atoms with E-state index in [0.29, 0.717) is 5.92 Å². The van der Waals surface area contributed by atoms with Crippen molar-refractivity contribution in [2.24, 2.45) is 11.7 Å². The van der Waals surface area contributed by atoms with Crippen molar-refractivity contribution in [1.82, 2.24) is 4.90 Å². The molecular weight excluding hydrogens is 263 g/mol. The van der Waals surface area contributed by atoms with Crippen LogP contribution in [-0.2, 0) is 6.54 Å². The summed E-state index contributed by atoms with van der Waals surface area (Å²) in [4.78, 5) is 2.40. The average Bonchev–Trinajstić information content (AvgIpc) is 2.34. The van der Waals surface area contributed by atoms with Gasteiger partial charge in [-0.05, 0) is 62.4 Å².